The van der Waals surface area contributed by atoms with E-state index >= 15 is 0 Å². The van der Waals surface area contributed by atoms with Gasteiger partial charge in [0, 0.05) is 7.05 Å². The van der Waals surface area contributed by atoms with E-state index in [1.165, 1.54) is 11.8 Å². The summed E-state index contributed by atoms with van der Waals surface area (Å²) in [5, 5.41) is 3.70. The van der Waals surface area contributed by atoms with Crippen LogP contribution in [0.5, 0.6) is 0 Å². The molecule has 0 aromatic rings. The highest BCUT2D eigenvalue weighted by Crippen LogP contribution is 2.08. The Bertz CT molecular complexity index is 143. The van der Waals surface area contributed by atoms with Crippen LogP contribution in [-0.2, 0) is 4.79 Å². The van der Waals surface area contributed by atoms with E-state index in [4.69, 9.17) is 0 Å². The molecule has 1 N–H and O–H groups in total. The Labute approximate surface area is 51.6 Å². The topological polar surface area (TPSA) is 41.5 Å². The highest BCUT2D eigenvalue weighted by atomic mass is 32.2. The minimum Gasteiger partial charge on any atom is -0.357 e. The number of carbonyl (C=O) groups is 1. The number of hydrogen-bond donors (Lipinski definition) is 1. The van der Waals surface area contributed by atoms with Crippen LogP contribution in [-0.4, -0.2) is 23.9 Å². The van der Waals surface area contributed by atoms with E-state index < -0.39 is 0 Å². The van der Waals surface area contributed by atoms with Crippen molar-refractivity contribution in [2.45, 2.75) is 0 Å². The second kappa shape index (κ2) is 2.17. The molecule has 1 fully saturated rings. The minimum atomic E-state index is 0.144. The quantitative estimate of drug-likeness (QED) is 0.495. The molecule has 0 aliphatic carbocycles. The minimum absolute atomic E-state index is 0.144. The summed E-state index contributed by atoms with van der Waals surface area (Å²) in [6.45, 7) is 0.428. The SMILES string of the molecule is CN=C1NCC(=O)S1. The fraction of sp³-hybridized carbons (Fsp3) is 0.500. The van der Waals surface area contributed by atoms with Gasteiger partial charge < -0.3 is 5.32 Å². The van der Waals surface area contributed by atoms with Crippen molar-refractivity contribution >= 4 is 22.0 Å². The van der Waals surface area contributed by atoms with Crippen LogP contribution >= 0.6 is 11.8 Å². The third-order valence-corrected chi connectivity index (χ3v) is 1.69. The van der Waals surface area contributed by atoms with Crippen LogP contribution in [0.2, 0.25) is 0 Å². The largest absolute Gasteiger partial charge is 0.357 e. The first-order valence-corrected chi connectivity index (χ1v) is 3.06. The zero-order valence-corrected chi connectivity index (χ0v) is 5.29. The van der Waals surface area contributed by atoms with Crippen LogP contribution in [0.15, 0.2) is 4.99 Å². The van der Waals surface area contributed by atoms with E-state index in [0.717, 1.165) is 5.17 Å². The standard InChI is InChI=1S/C4H6N2OS/c1-5-4-6-2-3(7)8-4/h2H2,1H3,(H,5,6). The molecule has 1 aliphatic rings. The van der Waals surface area contributed by atoms with E-state index in [0.29, 0.717) is 6.54 Å². The monoisotopic (exact) mass is 130 g/mol. The van der Waals surface area contributed by atoms with Crippen molar-refractivity contribution in [3.63, 3.8) is 0 Å². The van der Waals surface area contributed by atoms with Crippen LogP contribution in [0.25, 0.3) is 0 Å². The van der Waals surface area contributed by atoms with Crippen LogP contribution < -0.4 is 5.32 Å². The Balaban J connectivity index is 2.56. The molecule has 0 bridgehead atoms. The molecule has 4 heteroatoms. The van der Waals surface area contributed by atoms with Crippen LogP contribution in [0.3, 0.4) is 0 Å². The second-order valence-corrected chi connectivity index (χ2v) is 2.40. The predicted molar refractivity (Wildman–Crippen MR) is 34.0 cm³/mol. The molecule has 44 valence electrons. The summed E-state index contributed by atoms with van der Waals surface area (Å²) in [5.41, 5.74) is 0. The molecule has 1 rings (SSSR count). The molecule has 0 aromatic carbocycles. The molecule has 0 radical (unpaired) electrons. The van der Waals surface area contributed by atoms with Gasteiger partial charge in [-0.2, -0.15) is 0 Å². The van der Waals surface area contributed by atoms with Gasteiger partial charge in [-0.25, -0.2) is 0 Å². The van der Waals surface area contributed by atoms with Gasteiger partial charge in [0.15, 0.2) is 5.17 Å². The van der Waals surface area contributed by atoms with E-state index in [9.17, 15) is 4.79 Å². The van der Waals surface area contributed by atoms with Crippen LogP contribution in [0.1, 0.15) is 0 Å². The first kappa shape index (κ1) is 5.62. The molecule has 8 heavy (non-hydrogen) atoms. The Morgan fingerprint density at radius 2 is 2.62 bits per heavy atom. The smallest absolute Gasteiger partial charge is 0.215 e. The summed E-state index contributed by atoms with van der Waals surface area (Å²) in [6, 6.07) is 0. The maximum atomic E-state index is 10.4. The molecule has 0 unspecified atom stereocenters. The van der Waals surface area contributed by atoms with Gasteiger partial charge in [-0.3, -0.25) is 9.79 Å². The number of nitrogens with one attached hydrogen (secondary N) is 1. The fourth-order valence-electron chi connectivity index (χ4n) is 0.452. The number of carbonyl (C=O) groups excluding carboxylic acids is 1. The summed E-state index contributed by atoms with van der Waals surface area (Å²) in [6.07, 6.45) is 0. The number of nitrogens with zero attached hydrogens (tertiary/aromatic N) is 1. The second-order valence-electron chi connectivity index (χ2n) is 1.36. The maximum absolute atomic E-state index is 10.4. The van der Waals surface area contributed by atoms with Gasteiger partial charge in [-0.15, -0.1) is 0 Å². The summed E-state index contributed by atoms with van der Waals surface area (Å²) in [5.74, 6) is 0. The zero-order valence-electron chi connectivity index (χ0n) is 4.47. The van der Waals surface area contributed by atoms with Crippen molar-refractivity contribution in [2.75, 3.05) is 13.6 Å². The fourth-order valence-corrected chi connectivity index (χ4v) is 1.05. The normalized spacial score (nSPS) is 24.1. The predicted octanol–water partition coefficient (Wildman–Crippen LogP) is -0.165. The molecule has 3 nitrogen and oxygen atoms in total. The molecule has 1 heterocycles. The van der Waals surface area contributed by atoms with Gasteiger partial charge in [0.1, 0.15) is 0 Å². The molecule has 0 aromatic heterocycles. The third-order valence-electron chi connectivity index (χ3n) is 0.798. The Kier molecular flexibility index (Phi) is 1.53. The highest BCUT2D eigenvalue weighted by Gasteiger charge is 2.15. The molecule has 0 amide bonds. The first-order chi connectivity index (χ1) is 3.83. The van der Waals surface area contributed by atoms with Crippen molar-refractivity contribution in [3.8, 4) is 0 Å². The molecule has 0 saturated carbocycles. The van der Waals surface area contributed by atoms with E-state index in [2.05, 4.69) is 10.3 Å². The molecule has 1 saturated heterocycles. The zero-order chi connectivity index (χ0) is 5.98. The maximum Gasteiger partial charge on any atom is 0.215 e. The molecular formula is C4H6N2OS. The van der Waals surface area contributed by atoms with E-state index in [-0.39, 0.29) is 5.12 Å². The first-order valence-electron chi connectivity index (χ1n) is 2.24. The van der Waals surface area contributed by atoms with Gasteiger partial charge in [0.2, 0.25) is 5.12 Å². The van der Waals surface area contributed by atoms with Crippen molar-refractivity contribution < 1.29 is 4.79 Å². The van der Waals surface area contributed by atoms with Gasteiger partial charge in [0.05, 0.1) is 6.54 Å². The average Bonchev–Trinajstić information content (AvgIpc) is 2.14. The van der Waals surface area contributed by atoms with E-state index in [1.54, 1.807) is 7.05 Å². The number of hydrogen-bond acceptors (Lipinski definition) is 3. The Hall–Kier alpha value is -0.510. The van der Waals surface area contributed by atoms with Gasteiger partial charge >= 0.3 is 0 Å². The molecule has 0 atom stereocenters. The molecular weight excluding hydrogens is 124 g/mol. The Morgan fingerprint density at radius 3 is 2.88 bits per heavy atom. The van der Waals surface area contributed by atoms with Gasteiger partial charge in [0.25, 0.3) is 0 Å². The van der Waals surface area contributed by atoms with Gasteiger partial charge in [-0.05, 0) is 11.8 Å². The van der Waals surface area contributed by atoms with Gasteiger partial charge in [-0.1, -0.05) is 0 Å². The van der Waals surface area contributed by atoms with Crippen molar-refractivity contribution in [1.82, 2.24) is 5.32 Å². The van der Waals surface area contributed by atoms with Crippen molar-refractivity contribution in [2.24, 2.45) is 4.99 Å². The molecule has 1 aliphatic heterocycles. The van der Waals surface area contributed by atoms with Crippen LogP contribution in [0.4, 0.5) is 0 Å². The summed E-state index contributed by atoms with van der Waals surface area (Å²) >= 11 is 1.17. The lowest BCUT2D eigenvalue weighted by atomic mass is 10.7. The summed E-state index contributed by atoms with van der Waals surface area (Å²) in [4.78, 5) is 14.2. The summed E-state index contributed by atoms with van der Waals surface area (Å²) < 4.78 is 0. The average molecular weight is 130 g/mol. The lowest BCUT2D eigenvalue weighted by Gasteiger charge is -1.86. The summed E-state index contributed by atoms with van der Waals surface area (Å²) in [7, 11) is 1.66. The number of thioether (sulfide) groups is 1. The number of aliphatic imine (C=N–C) groups is 1. The molecule has 0 spiro atoms. The highest BCUT2D eigenvalue weighted by molar-refractivity contribution is 8.26. The number of amidine groups is 1. The number of rotatable bonds is 0. The lowest BCUT2D eigenvalue weighted by molar-refractivity contribution is -0.109. The van der Waals surface area contributed by atoms with Crippen LogP contribution in [0, 0.1) is 0 Å². The third kappa shape index (κ3) is 1.01. The van der Waals surface area contributed by atoms with Crippen molar-refractivity contribution in [3.05, 3.63) is 0 Å². The Morgan fingerprint density at radius 1 is 1.88 bits per heavy atom. The van der Waals surface area contributed by atoms with Crippen molar-refractivity contribution in [1.29, 1.82) is 0 Å². The van der Waals surface area contributed by atoms with E-state index in [1.807, 2.05) is 0 Å². The lowest BCUT2D eigenvalue weighted by Crippen LogP contribution is -2.13.